The third-order valence-corrected chi connectivity index (χ3v) is 1.96. The summed E-state index contributed by atoms with van der Waals surface area (Å²) >= 11 is 0. The smallest absolute Gasteiger partial charge is 0.0000379 e. The fourth-order valence-corrected chi connectivity index (χ4v) is 1.58. The van der Waals surface area contributed by atoms with Gasteiger partial charge < -0.3 is 11.1 Å². The van der Waals surface area contributed by atoms with Gasteiger partial charge in [-0.15, -0.1) is 0 Å². The van der Waals surface area contributed by atoms with Crippen molar-refractivity contribution >= 4 is 0 Å². The molecular formula is C9H22N2. The predicted molar refractivity (Wildman–Crippen MR) is 50.5 cm³/mol. The van der Waals surface area contributed by atoms with Gasteiger partial charge in [0.2, 0.25) is 0 Å². The van der Waals surface area contributed by atoms with E-state index in [2.05, 4.69) is 26.1 Å². The lowest BCUT2D eigenvalue weighted by molar-refractivity contribution is 0.273. The molecule has 0 rings (SSSR count). The van der Waals surface area contributed by atoms with Crippen LogP contribution < -0.4 is 11.1 Å². The predicted octanol–water partition coefficient (Wildman–Crippen LogP) is 1.22. The molecule has 0 saturated heterocycles. The van der Waals surface area contributed by atoms with Gasteiger partial charge in [0, 0.05) is 0 Å². The maximum atomic E-state index is 5.55. The van der Waals surface area contributed by atoms with Gasteiger partial charge in [-0.05, 0) is 37.9 Å². The van der Waals surface area contributed by atoms with E-state index >= 15 is 0 Å². The van der Waals surface area contributed by atoms with E-state index in [0.29, 0.717) is 11.3 Å². The SMILES string of the molecule is CNCC(C)(C)CC(C)CN. The van der Waals surface area contributed by atoms with Crippen LogP contribution in [0.5, 0.6) is 0 Å². The van der Waals surface area contributed by atoms with Crippen molar-refractivity contribution in [2.45, 2.75) is 27.2 Å². The van der Waals surface area contributed by atoms with E-state index in [0.717, 1.165) is 13.1 Å². The van der Waals surface area contributed by atoms with Crippen LogP contribution in [0.4, 0.5) is 0 Å². The van der Waals surface area contributed by atoms with Crippen LogP contribution in [0.15, 0.2) is 0 Å². The zero-order chi connectivity index (χ0) is 8.91. The first-order chi connectivity index (χ1) is 5.02. The molecule has 0 aliphatic carbocycles. The quantitative estimate of drug-likeness (QED) is 0.631. The fourth-order valence-electron chi connectivity index (χ4n) is 1.58. The zero-order valence-electron chi connectivity index (χ0n) is 8.28. The molecule has 1 atom stereocenters. The van der Waals surface area contributed by atoms with Gasteiger partial charge in [0.25, 0.3) is 0 Å². The van der Waals surface area contributed by atoms with Crippen LogP contribution in [0.3, 0.4) is 0 Å². The molecule has 2 nitrogen and oxygen atoms in total. The van der Waals surface area contributed by atoms with E-state index in [1.54, 1.807) is 0 Å². The highest BCUT2D eigenvalue weighted by Crippen LogP contribution is 2.23. The van der Waals surface area contributed by atoms with Gasteiger partial charge >= 0.3 is 0 Å². The molecule has 0 saturated carbocycles. The van der Waals surface area contributed by atoms with Crippen molar-refractivity contribution in [2.24, 2.45) is 17.1 Å². The van der Waals surface area contributed by atoms with Crippen molar-refractivity contribution in [3.8, 4) is 0 Å². The minimum absolute atomic E-state index is 0.382. The molecule has 0 bridgehead atoms. The van der Waals surface area contributed by atoms with E-state index in [-0.39, 0.29) is 0 Å². The summed E-state index contributed by atoms with van der Waals surface area (Å²) in [5.74, 6) is 0.637. The van der Waals surface area contributed by atoms with E-state index in [1.807, 2.05) is 7.05 Å². The molecule has 0 aliphatic heterocycles. The summed E-state index contributed by atoms with van der Waals surface area (Å²) in [6.07, 6.45) is 1.20. The van der Waals surface area contributed by atoms with E-state index < -0.39 is 0 Å². The molecule has 0 amide bonds. The van der Waals surface area contributed by atoms with Crippen molar-refractivity contribution in [3.05, 3.63) is 0 Å². The van der Waals surface area contributed by atoms with Gasteiger partial charge in [0.1, 0.15) is 0 Å². The molecule has 0 radical (unpaired) electrons. The maximum Gasteiger partial charge on any atom is -0.0000379 e. The van der Waals surface area contributed by atoms with Crippen LogP contribution in [0.2, 0.25) is 0 Å². The third kappa shape index (κ3) is 5.22. The molecule has 0 fully saturated rings. The zero-order valence-corrected chi connectivity index (χ0v) is 8.28. The van der Waals surface area contributed by atoms with Crippen LogP contribution in [0, 0.1) is 11.3 Å². The summed E-state index contributed by atoms with van der Waals surface area (Å²) in [6.45, 7) is 8.62. The first kappa shape index (κ1) is 10.9. The first-order valence-electron chi connectivity index (χ1n) is 4.36. The van der Waals surface area contributed by atoms with Crippen molar-refractivity contribution in [1.29, 1.82) is 0 Å². The normalized spacial score (nSPS) is 15.0. The second kappa shape index (κ2) is 4.73. The number of hydrogen-bond donors (Lipinski definition) is 2. The Labute approximate surface area is 70.5 Å². The lowest BCUT2D eigenvalue weighted by atomic mass is 9.83. The molecule has 0 spiro atoms. The highest BCUT2D eigenvalue weighted by atomic mass is 14.8. The Bertz CT molecular complexity index is 99.7. The van der Waals surface area contributed by atoms with Crippen LogP contribution in [0.25, 0.3) is 0 Å². The fraction of sp³-hybridized carbons (Fsp3) is 1.00. The van der Waals surface area contributed by atoms with Crippen LogP contribution in [0.1, 0.15) is 27.2 Å². The van der Waals surface area contributed by atoms with Crippen molar-refractivity contribution < 1.29 is 0 Å². The molecule has 3 N–H and O–H groups in total. The minimum atomic E-state index is 0.382. The number of nitrogens with two attached hydrogens (primary N) is 1. The number of rotatable bonds is 5. The Morgan fingerprint density at radius 3 is 2.36 bits per heavy atom. The monoisotopic (exact) mass is 158 g/mol. The second-order valence-corrected chi connectivity index (χ2v) is 4.24. The average molecular weight is 158 g/mol. The largest absolute Gasteiger partial charge is 0.330 e. The van der Waals surface area contributed by atoms with E-state index in [9.17, 15) is 0 Å². The Morgan fingerprint density at radius 1 is 1.45 bits per heavy atom. The number of hydrogen-bond acceptors (Lipinski definition) is 2. The standard InChI is InChI=1S/C9H22N2/c1-8(6-10)5-9(2,3)7-11-4/h8,11H,5-7,10H2,1-4H3. The van der Waals surface area contributed by atoms with Crippen molar-refractivity contribution in [3.63, 3.8) is 0 Å². The van der Waals surface area contributed by atoms with Crippen LogP contribution in [-0.4, -0.2) is 20.1 Å². The van der Waals surface area contributed by atoms with Gasteiger partial charge in [-0.2, -0.15) is 0 Å². The summed E-state index contributed by atoms with van der Waals surface area (Å²) in [5, 5.41) is 3.20. The van der Waals surface area contributed by atoms with Gasteiger partial charge in [0.15, 0.2) is 0 Å². The first-order valence-corrected chi connectivity index (χ1v) is 4.36. The van der Waals surface area contributed by atoms with Gasteiger partial charge in [-0.3, -0.25) is 0 Å². The topological polar surface area (TPSA) is 38.0 Å². The van der Waals surface area contributed by atoms with Crippen molar-refractivity contribution in [1.82, 2.24) is 5.32 Å². The average Bonchev–Trinajstić information content (AvgIpc) is 1.86. The molecule has 0 aromatic heterocycles. The molecule has 11 heavy (non-hydrogen) atoms. The molecule has 0 aromatic carbocycles. The summed E-state index contributed by atoms with van der Waals surface area (Å²) in [6, 6.07) is 0. The van der Waals surface area contributed by atoms with Crippen molar-refractivity contribution in [2.75, 3.05) is 20.1 Å². The molecular weight excluding hydrogens is 136 g/mol. The lowest BCUT2D eigenvalue weighted by Crippen LogP contribution is -2.30. The molecule has 0 heterocycles. The Hall–Kier alpha value is -0.0800. The minimum Gasteiger partial charge on any atom is -0.330 e. The maximum absolute atomic E-state index is 5.55. The summed E-state index contributed by atoms with van der Waals surface area (Å²) < 4.78 is 0. The van der Waals surface area contributed by atoms with Gasteiger partial charge in [0.05, 0.1) is 0 Å². The Balaban J connectivity index is 3.70. The van der Waals surface area contributed by atoms with Gasteiger partial charge in [-0.1, -0.05) is 20.8 Å². The van der Waals surface area contributed by atoms with E-state index in [1.165, 1.54) is 6.42 Å². The molecule has 1 unspecified atom stereocenters. The lowest BCUT2D eigenvalue weighted by Gasteiger charge is -2.27. The van der Waals surface area contributed by atoms with Gasteiger partial charge in [-0.25, -0.2) is 0 Å². The summed E-state index contributed by atoms with van der Waals surface area (Å²) in [7, 11) is 1.99. The number of nitrogens with one attached hydrogen (secondary N) is 1. The van der Waals surface area contributed by atoms with E-state index in [4.69, 9.17) is 5.73 Å². The Morgan fingerprint density at radius 2 is 2.00 bits per heavy atom. The van der Waals surface area contributed by atoms with Crippen LogP contribution in [-0.2, 0) is 0 Å². The highest BCUT2D eigenvalue weighted by Gasteiger charge is 2.19. The third-order valence-electron chi connectivity index (χ3n) is 1.96. The molecule has 2 heteroatoms. The highest BCUT2D eigenvalue weighted by molar-refractivity contribution is 4.73. The van der Waals surface area contributed by atoms with Crippen LogP contribution >= 0.6 is 0 Å². The molecule has 0 aliphatic rings. The second-order valence-electron chi connectivity index (χ2n) is 4.24. The Kier molecular flexibility index (Phi) is 4.69. The molecule has 0 aromatic rings. The summed E-state index contributed by atoms with van der Waals surface area (Å²) in [4.78, 5) is 0. The summed E-state index contributed by atoms with van der Waals surface area (Å²) in [5.41, 5.74) is 5.94. The molecule has 68 valence electrons.